The van der Waals surface area contributed by atoms with Gasteiger partial charge >= 0.3 is 0 Å². The average Bonchev–Trinajstić information content (AvgIpc) is 3.86. The first-order valence-electron chi connectivity index (χ1n) is 25.9. The highest BCUT2D eigenvalue weighted by Crippen LogP contribution is 2.39. The Labute approximate surface area is 437 Å². The maximum atomic E-state index is 16.4. The van der Waals surface area contributed by atoms with Crippen LogP contribution in [0, 0.1) is 27.7 Å². The summed E-state index contributed by atoms with van der Waals surface area (Å²) < 4.78 is 9.41. The predicted octanol–water partition coefficient (Wildman–Crippen LogP) is 16.2. The van der Waals surface area contributed by atoms with E-state index in [0.717, 1.165) is 99.0 Å². The van der Waals surface area contributed by atoms with Crippen LogP contribution in [0.15, 0.2) is 252 Å². The number of furan rings is 1. The van der Waals surface area contributed by atoms with E-state index in [1.807, 2.05) is 12.1 Å². The number of hydrogen-bond acceptors (Lipinski definition) is 2. The molecule has 11 aromatic carbocycles. The number of rotatable bonds is 7. The predicted molar refractivity (Wildman–Crippen MR) is 320 cm³/mol. The third kappa shape index (κ3) is 7.89. The van der Waals surface area contributed by atoms with E-state index in [-0.39, 0.29) is 12.1 Å². The van der Waals surface area contributed by atoms with Gasteiger partial charge in [0, 0.05) is 32.3 Å². The van der Waals surface area contributed by atoms with Gasteiger partial charge in [0.05, 0.1) is 16.7 Å². The van der Waals surface area contributed by atoms with Crippen molar-refractivity contribution in [1.29, 1.82) is 0 Å². The van der Waals surface area contributed by atoms with Gasteiger partial charge in [0.25, 0.3) is 0 Å². The monoisotopic (exact) mass is 961 g/mol. The van der Waals surface area contributed by atoms with E-state index in [4.69, 9.17) is 4.42 Å². The van der Waals surface area contributed by atoms with Crippen LogP contribution in [0.2, 0.25) is 0 Å². The lowest BCUT2D eigenvalue weighted by Gasteiger charge is -2.24. The molecule has 0 bridgehead atoms. The lowest BCUT2D eigenvalue weighted by atomic mass is 9.34. The molecule has 0 aliphatic carbocycles. The Bertz CT molecular complexity index is 4440. The van der Waals surface area contributed by atoms with Crippen LogP contribution < -0.4 is 21.8 Å². The molecule has 13 rings (SSSR count). The van der Waals surface area contributed by atoms with Crippen LogP contribution in [-0.2, 0) is 0 Å². The minimum Gasteiger partial charge on any atom is -0.454 e. The van der Waals surface area contributed by atoms with Gasteiger partial charge in [-0.2, -0.15) is 0 Å². The molecule has 75 heavy (non-hydrogen) atoms. The SMILES string of the molecule is Cc1cccc(C)c1B(c1ccc2c(=O)c3ccc(-c4ccccc4)cc3c3cc(-c4ccccc4)ccc3n(-c3cccc4c3oc3ccccc34)c3ccc(-c4ccccc4)cc3c2c1)c1c(C)cccc1C. The molecule has 0 radical (unpaired) electrons. The van der Waals surface area contributed by atoms with Crippen molar-refractivity contribution in [2.24, 2.45) is 0 Å². The van der Waals surface area contributed by atoms with Crippen LogP contribution in [0.5, 0.6) is 0 Å². The van der Waals surface area contributed by atoms with Crippen molar-refractivity contribution in [1.82, 2.24) is 4.57 Å². The second kappa shape index (κ2) is 18.7. The first-order chi connectivity index (χ1) is 36.8. The number of nitrogens with zero attached hydrogens (tertiary/aromatic N) is 1. The number of fused-ring (bicyclic) bond motifs is 9. The molecule has 0 unspecified atom stereocenters. The summed E-state index contributed by atoms with van der Waals surface area (Å²) in [5.41, 5.74) is 19.2. The fourth-order valence-corrected chi connectivity index (χ4v) is 11.9. The molecule has 2 heterocycles. The summed E-state index contributed by atoms with van der Waals surface area (Å²) >= 11 is 0. The Balaban J connectivity index is 1.30. The molecule has 0 N–H and O–H groups in total. The summed E-state index contributed by atoms with van der Waals surface area (Å²) in [5, 5.41) is 6.90. The Morgan fingerprint density at radius 1 is 0.333 bits per heavy atom. The average molecular weight is 962 g/mol. The first-order valence-corrected chi connectivity index (χ1v) is 25.9. The Morgan fingerprint density at radius 3 is 1.29 bits per heavy atom. The molecule has 3 nitrogen and oxygen atoms in total. The van der Waals surface area contributed by atoms with Crippen LogP contribution in [0.4, 0.5) is 0 Å². The molecule has 0 atom stereocenters. The molecule has 0 saturated heterocycles. The lowest BCUT2D eigenvalue weighted by molar-refractivity contribution is 0.666. The molecule has 2 aromatic heterocycles. The van der Waals surface area contributed by atoms with E-state index < -0.39 is 0 Å². The summed E-state index contributed by atoms with van der Waals surface area (Å²) in [6.07, 6.45) is 0. The normalized spacial score (nSPS) is 11.5. The van der Waals surface area contributed by atoms with E-state index in [0.29, 0.717) is 10.8 Å². The van der Waals surface area contributed by atoms with E-state index in [1.54, 1.807) is 0 Å². The van der Waals surface area contributed by atoms with Gasteiger partial charge in [0.2, 0.25) is 6.71 Å². The van der Waals surface area contributed by atoms with Crippen molar-refractivity contribution >= 4 is 88.4 Å². The maximum absolute atomic E-state index is 16.4. The molecule has 0 fully saturated rings. The number of aryl methyl sites for hydroxylation is 4. The number of para-hydroxylation sites is 2. The van der Waals surface area contributed by atoms with Gasteiger partial charge in [-0.1, -0.05) is 233 Å². The van der Waals surface area contributed by atoms with Gasteiger partial charge in [-0.25, -0.2) is 0 Å². The van der Waals surface area contributed by atoms with Crippen molar-refractivity contribution < 1.29 is 4.42 Å². The number of benzene rings is 11. The molecule has 4 heteroatoms. The third-order valence-corrected chi connectivity index (χ3v) is 15.5. The molecule has 13 aromatic rings. The summed E-state index contributed by atoms with van der Waals surface area (Å²) in [5.74, 6) is 0. The van der Waals surface area contributed by atoms with Crippen LogP contribution in [-0.4, -0.2) is 11.3 Å². The van der Waals surface area contributed by atoms with Crippen molar-refractivity contribution in [2.45, 2.75) is 27.7 Å². The lowest BCUT2D eigenvalue weighted by Crippen LogP contribution is -2.55. The van der Waals surface area contributed by atoms with Crippen molar-refractivity contribution in [2.75, 3.05) is 0 Å². The fraction of sp³-hybridized carbons (Fsp3) is 0.0563. The Morgan fingerprint density at radius 2 is 0.760 bits per heavy atom. The fourth-order valence-electron chi connectivity index (χ4n) is 11.9. The second-order valence-electron chi connectivity index (χ2n) is 20.1. The Hall–Kier alpha value is -9.25. The highest BCUT2D eigenvalue weighted by Gasteiger charge is 2.29. The molecular weight excluding hydrogens is 910 g/mol. The molecule has 0 amide bonds. The third-order valence-electron chi connectivity index (χ3n) is 15.5. The quantitative estimate of drug-likeness (QED) is 0.149. The van der Waals surface area contributed by atoms with Crippen LogP contribution in [0.3, 0.4) is 0 Å². The summed E-state index contributed by atoms with van der Waals surface area (Å²) in [6, 6.07) is 86.2. The Kier molecular flexibility index (Phi) is 11.3. The zero-order valence-electron chi connectivity index (χ0n) is 42.4. The van der Waals surface area contributed by atoms with E-state index in [2.05, 4.69) is 263 Å². The molecule has 0 saturated carbocycles. The topological polar surface area (TPSA) is 35.1 Å². The van der Waals surface area contributed by atoms with Gasteiger partial charge < -0.3 is 8.98 Å². The van der Waals surface area contributed by atoms with E-state index in [1.165, 1.54) is 33.2 Å². The van der Waals surface area contributed by atoms with Gasteiger partial charge in [-0.05, 0) is 120 Å². The zero-order valence-corrected chi connectivity index (χ0v) is 42.4. The van der Waals surface area contributed by atoms with Crippen LogP contribution in [0.1, 0.15) is 22.3 Å². The maximum Gasteiger partial charge on any atom is 0.242 e. The van der Waals surface area contributed by atoms with Crippen molar-refractivity contribution in [3.05, 3.63) is 275 Å². The van der Waals surface area contributed by atoms with Crippen molar-refractivity contribution in [3.63, 3.8) is 0 Å². The second-order valence-corrected chi connectivity index (χ2v) is 20.1. The molecule has 0 aliphatic heterocycles. The van der Waals surface area contributed by atoms with Crippen LogP contribution >= 0.6 is 0 Å². The summed E-state index contributed by atoms with van der Waals surface area (Å²) in [6.45, 7) is 8.79. The molecule has 356 valence electrons. The number of hydrogen-bond donors (Lipinski definition) is 0. The van der Waals surface area contributed by atoms with Gasteiger partial charge in [0.15, 0.2) is 11.0 Å². The molecule has 0 spiro atoms. The number of aromatic nitrogens is 1. The standard InChI is InChI=1S/C71H52BNO2/c1-45-19-16-20-46(2)68(45)72(69-47(3)21-17-22-48(69)4)55-36-38-58-61(44-55)63-43-54(51-27-12-7-13-28-51)35-40-65(63)73(66-31-18-30-59-56-29-14-15-32-67(56)75-71(59)66)64-39-34-53(50-25-10-6-11-26-50)42-62(64)60-41-52(33-37-57(60)70(58)74)49-23-8-5-9-24-49/h5-44H,1-4H3. The van der Waals surface area contributed by atoms with Gasteiger partial charge in [0.1, 0.15) is 5.58 Å². The molecule has 0 aliphatic rings. The molecular formula is C71H52BNO2. The minimum atomic E-state index is -0.123. The summed E-state index contributed by atoms with van der Waals surface area (Å²) in [7, 11) is 0. The zero-order chi connectivity index (χ0) is 50.7. The summed E-state index contributed by atoms with van der Waals surface area (Å²) in [4.78, 5) is 16.4. The van der Waals surface area contributed by atoms with E-state index in [9.17, 15) is 0 Å². The van der Waals surface area contributed by atoms with Crippen LogP contribution in [0.25, 0.3) is 104 Å². The first kappa shape index (κ1) is 45.6. The van der Waals surface area contributed by atoms with Gasteiger partial charge in [-0.15, -0.1) is 0 Å². The van der Waals surface area contributed by atoms with Crippen molar-refractivity contribution in [3.8, 4) is 39.1 Å². The smallest absolute Gasteiger partial charge is 0.242 e. The van der Waals surface area contributed by atoms with Gasteiger partial charge in [-0.3, -0.25) is 4.79 Å². The highest BCUT2D eigenvalue weighted by atomic mass is 16.3. The minimum absolute atomic E-state index is 0.0400. The largest absolute Gasteiger partial charge is 0.454 e. The van der Waals surface area contributed by atoms with E-state index >= 15 is 4.79 Å². The highest BCUT2D eigenvalue weighted by molar-refractivity contribution is 6.96.